The standard InChI is InChI=1S/C12H11NO/c1-8-4-3-5-11-9(2)13-10(7-14)6-12(8)11/h3-7H,1-2H3. The summed E-state index contributed by atoms with van der Waals surface area (Å²) >= 11 is 0. The van der Waals surface area contributed by atoms with Gasteiger partial charge in [-0.3, -0.25) is 4.79 Å². The van der Waals surface area contributed by atoms with Crippen LogP contribution < -0.4 is 0 Å². The largest absolute Gasteiger partial charge is 0.296 e. The van der Waals surface area contributed by atoms with Crippen LogP contribution in [0, 0.1) is 13.8 Å². The van der Waals surface area contributed by atoms with Gasteiger partial charge in [0.1, 0.15) is 5.69 Å². The van der Waals surface area contributed by atoms with Gasteiger partial charge in [0.2, 0.25) is 0 Å². The van der Waals surface area contributed by atoms with Gasteiger partial charge in [0.15, 0.2) is 6.29 Å². The van der Waals surface area contributed by atoms with E-state index in [0.717, 1.165) is 22.8 Å². The third-order valence-corrected chi connectivity index (χ3v) is 2.42. The second-order valence-corrected chi connectivity index (χ2v) is 3.42. The predicted octanol–water partition coefficient (Wildman–Crippen LogP) is 2.66. The number of carbonyl (C=O) groups excluding carboxylic acids is 1. The van der Waals surface area contributed by atoms with Crippen LogP contribution >= 0.6 is 0 Å². The van der Waals surface area contributed by atoms with Crippen LogP contribution in [0.4, 0.5) is 0 Å². The minimum atomic E-state index is 0.504. The number of fused-ring (bicyclic) bond motifs is 1. The Hall–Kier alpha value is -1.70. The summed E-state index contributed by atoms with van der Waals surface area (Å²) in [6, 6.07) is 7.91. The van der Waals surface area contributed by atoms with Gasteiger partial charge in [-0.05, 0) is 30.9 Å². The van der Waals surface area contributed by atoms with Gasteiger partial charge in [-0.1, -0.05) is 18.2 Å². The summed E-state index contributed by atoms with van der Waals surface area (Å²) in [5, 5.41) is 2.23. The van der Waals surface area contributed by atoms with E-state index in [0.29, 0.717) is 5.69 Å². The lowest BCUT2D eigenvalue weighted by molar-refractivity contribution is 0.111. The molecule has 0 radical (unpaired) electrons. The SMILES string of the molecule is Cc1cccc2c(C)nc(C=O)cc12. The zero-order chi connectivity index (χ0) is 10.1. The topological polar surface area (TPSA) is 30.0 Å². The normalized spacial score (nSPS) is 10.4. The summed E-state index contributed by atoms with van der Waals surface area (Å²) in [6.45, 7) is 3.96. The fraction of sp³-hybridized carbons (Fsp3) is 0.167. The second kappa shape index (κ2) is 3.22. The maximum atomic E-state index is 10.7. The number of rotatable bonds is 1. The number of aromatic nitrogens is 1. The molecule has 70 valence electrons. The van der Waals surface area contributed by atoms with E-state index in [1.165, 1.54) is 5.56 Å². The van der Waals surface area contributed by atoms with Crippen LogP contribution in [0.1, 0.15) is 21.7 Å². The Balaban J connectivity index is 2.90. The summed E-state index contributed by atoms with van der Waals surface area (Å²) < 4.78 is 0. The predicted molar refractivity (Wildman–Crippen MR) is 56.6 cm³/mol. The number of nitrogens with zero attached hydrogens (tertiary/aromatic N) is 1. The first-order valence-corrected chi connectivity index (χ1v) is 4.54. The Morgan fingerprint density at radius 3 is 2.71 bits per heavy atom. The molecule has 2 aromatic rings. The number of pyridine rings is 1. The quantitative estimate of drug-likeness (QED) is 0.639. The minimum Gasteiger partial charge on any atom is -0.296 e. The van der Waals surface area contributed by atoms with Crippen molar-refractivity contribution in [3.05, 3.63) is 41.2 Å². The molecule has 0 aliphatic rings. The molecule has 0 bridgehead atoms. The molecule has 0 aliphatic carbocycles. The maximum Gasteiger partial charge on any atom is 0.168 e. The Bertz CT molecular complexity index is 503. The lowest BCUT2D eigenvalue weighted by Crippen LogP contribution is -1.92. The van der Waals surface area contributed by atoms with Gasteiger partial charge >= 0.3 is 0 Å². The first-order chi connectivity index (χ1) is 6.72. The van der Waals surface area contributed by atoms with Crippen LogP contribution in [0.15, 0.2) is 24.3 Å². The van der Waals surface area contributed by atoms with E-state index in [1.807, 2.05) is 38.1 Å². The monoisotopic (exact) mass is 185 g/mol. The van der Waals surface area contributed by atoms with E-state index in [1.54, 1.807) is 0 Å². The third kappa shape index (κ3) is 1.29. The Labute approximate surface area is 82.6 Å². The fourth-order valence-electron chi connectivity index (χ4n) is 1.68. The summed E-state index contributed by atoms with van der Waals surface area (Å²) in [4.78, 5) is 14.8. The molecule has 1 heterocycles. The van der Waals surface area contributed by atoms with Crippen LogP contribution in [0.5, 0.6) is 0 Å². The van der Waals surface area contributed by atoms with Crippen LogP contribution in [-0.2, 0) is 0 Å². The van der Waals surface area contributed by atoms with Gasteiger partial charge in [-0.25, -0.2) is 4.98 Å². The second-order valence-electron chi connectivity index (χ2n) is 3.42. The number of hydrogen-bond donors (Lipinski definition) is 0. The van der Waals surface area contributed by atoms with Crippen molar-refractivity contribution in [1.29, 1.82) is 0 Å². The highest BCUT2D eigenvalue weighted by atomic mass is 16.1. The van der Waals surface area contributed by atoms with Gasteiger partial charge in [0.25, 0.3) is 0 Å². The average molecular weight is 185 g/mol. The van der Waals surface area contributed by atoms with Crippen LogP contribution in [0.2, 0.25) is 0 Å². The Kier molecular flexibility index (Phi) is 2.04. The van der Waals surface area contributed by atoms with E-state index >= 15 is 0 Å². The molecule has 0 amide bonds. The molecule has 14 heavy (non-hydrogen) atoms. The van der Waals surface area contributed by atoms with Gasteiger partial charge in [-0.2, -0.15) is 0 Å². The highest BCUT2D eigenvalue weighted by Crippen LogP contribution is 2.20. The van der Waals surface area contributed by atoms with Gasteiger partial charge in [-0.15, -0.1) is 0 Å². The molecular weight excluding hydrogens is 174 g/mol. The third-order valence-electron chi connectivity index (χ3n) is 2.42. The lowest BCUT2D eigenvalue weighted by atomic mass is 10.0. The average Bonchev–Trinajstić information content (AvgIpc) is 2.19. The zero-order valence-electron chi connectivity index (χ0n) is 8.24. The number of hydrogen-bond acceptors (Lipinski definition) is 2. The summed E-state index contributed by atoms with van der Waals surface area (Å²) in [7, 11) is 0. The molecule has 0 unspecified atom stereocenters. The van der Waals surface area contributed by atoms with Crippen molar-refractivity contribution < 1.29 is 4.79 Å². The van der Waals surface area contributed by atoms with Crippen LogP contribution in [0.3, 0.4) is 0 Å². The number of benzene rings is 1. The molecule has 2 heteroatoms. The van der Waals surface area contributed by atoms with E-state index in [2.05, 4.69) is 4.98 Å². The molecule has 2 rings (SSSR count). The summed E-state index contributed by atoms with van der Waals surface area (Å²) in [6.07, 6.45) is 0.791. The number of aryl methyl sites for hydroxylation is 2. The van der Waals surface area contributed by atoms with Gasteiger partial charge in [0.05, 0.1) is 0 Å². The first kappa shape index (κ1) is 8.88. The molecule has 0 N–H and O–H groups in total. The fourth-order valence-corrected chi connectivity index (χ4v) is 1.68. The first-order valence-electron chi connectivity index (χ1n) is 4.54. The Morgan fingerprint density at radius 1 is 1.21 bits per heavy atom. The molecular formula is C12H11NO. The van der Waals surface area contributed by atoms with Crippen molar-refractivity contribution in [3.63, 3.8) is 0 Å². The van der Waals surface area contributed by atoms with E-state index in [4.69, 9.17) is 0 Å². The molecule has 1 aromatic carbocycles. The van der Waals surface area contributed by atoms with Crippen molar-refractivity contribution in [3.8, 4) is 0 Å². The maximum absolute atomic E-state index is 10.7. The molecule has 0 fully saturated rings. The number of carbonyl (C=O) groups is 1. The van der Waals surface area contributed by atoms with Crippen molar-refractivity contribution in [2.75, 3.05) is 0 Å². The van der Waals surface area contributed by atoms with E-state index < -0.39 is 0 Å². The van der Waals surface area contributed by atoms with E-state index in [9.17, 15) is 4.79 Å². The smallest absolute Gasteiger partial charge is 0.168 e. The lowest BCUT2D eigenvalue weighted by Gasteiger charge is -2.04. The van der Waals surface area contributed by atoms with Gasteiger partial charge < -0.3 is 0 Å². The molecule has 0 aliphatic heterocycles. The highest BCUT2D eigenvalue weighted by Gasteiger charge is 2.03. The molecule has 1 aromatic heterocycles. The van der Waals surface area contributed by atoms with Crippen LogP contribution in [-0.4, -0.2) is 11.3 Å². The van der Waals surface area contributed by atoms with Crippen LogP contribution in [0.25, 0.3) is 10.8 Å². The molecule has 0 atom stereocenters. The molecule has 2 nitrogen and oxygen atoms in total. The number of aldehydes is 1. The Morgan fingerprint density at radius 2 is 2.00 bits per heavy atom. The minimum absolute atomic E-state index is 0.504. The molecule has 0 saturated heterocycles. The van der Waals surface area contributed by atoms with Crippen molar-refractivity contribution in [2.45, 2.75) is 13.8 Å². The zero-order valence-corrected chi connectivity index (χ0v) is 8.24. The van der Waals surface area contributed by atoms with Crippen molar-refractivity contribution in [1.82, 2.24) is 4.98 Å². The molecule has 0 saturated carbocycles. The van der Waals surface area contributed by atoms with Gasteiger partial charge in [0, 0.05) is 11.1 Å². The summed E-state index contributed by atoms with van der Waals surface area (Å²) in [5.74, 6) is 0. The summed E-state index contributed by atoms with van der Waals surface area (Å²) in [5.41, 5.74) is 2.59. The molecule has 0 spiro atoms. The highest BCUT2D eigenvalue weighted by molar-refractivity contribution is 5.91. The van der Waals surface area contributed by atoms with Crippen molar-refractivity contribution in [2.24, 2.45) is 0 Å². The van der Waals surface area contributed by atoms with Crippen molar-refractivity contribution >= 4 is 17.1 Å². The van der Waals surface area contributed by atoms with E-state index in [-0.39, 0.29) is 0 Å².